The summed E-state index contributed by atoms with van der Waals surface area (Å²) in [5.41, 5.74) is -0.382. The van der Waals surface area contributed by atoms with E-state index in [-0.39, 0.29) is 6.42 Å². The topological polar surface area (TPSA) is 83.5 Å². The highest BCUT2D eigenvalue weighted by molar-refractivity contribution is 6.30. The Morgan fingerprint density at radius 2 is 1.79 bits per heavy atom. The van der Waals surface area contributed by atoms with Crippen LogP contribution in [0.15, 0.2) is 78.4 Å². The van der Waals surface area contributed by atoms with Crippen molar-refractivity contribution >= 4 is 35.3 Å². The van der Waals surface area contributed by atoms with Gasteiger partial charge in [-0.3, -0.25) is 9.59 Å². The van der Waals surface area contributed by atoms with E-state index >= 15 is 0 Å². The van der Waals surface area contributed by atoms with Crippen molar-refractivity contribution in [2.24, 2.45) is 5.92 Å². The fourth-order valence-electron chi connectivity index (χ4n) is 3.42. The largest absolute Gasteiger partial charge is 0.481 e. The van der Waals surface area contributed by atoms with Crippen molar-refractivity contribution in [2.45, 2.75) is 12.0 Å². The Kier molecular flexibility index (Phi) is 5.76. The highest BCUT2D eigenvalue weighted by atomic mass is 35.5. The number of nitrogens with one attached hydrogen (secondary N) is 1. The van der Waals surface area contributed by atoms with Gasteiger partial charge in [0.25, 0.3) is 0 Å². The summed E-state index contributed by atoms with van der Waals surface area (Å²) < 4.78 is 0. The Labute approximate surface area is 167 Å². The van der Waals surface area contributed by atoms with Crippen LogP contribution in [0.2, 0.25) is 5.02 Å². The minimum atomic E-state index is -1.64. The van der Waals surface area contributed by atoms with Crippen molar-refractivity contribution in [3.63, 3.8) is 0 Å². The van der Waals surface area contributed by atoms with Gasteiger partial charge in [-0.05, 0) is 42.0 Å². The normalized spacial score (nSPS) is 20.9. The van der Waals surface area contributed by atoms with Crippen molar-refractivity contribution in [2.75, 3.05) is 5.32 Å². The molecule has 142 valence electrons. The quantitative estimate of drug-likeness (QED) is 0.543. The molecule has 2 unspecified atom stereocenters. The predicted octanol–water partition coefficient (Wildman–Crippen LogP) is 4.16. The number of rotatable bonds is 7. The molecule has 2 aromatic rings. The number of carboxylic acids is 1. The van der Waals surface area contributed by atoms with Gasteiger partial charge in [0, 0.05) is 22.7 Å². The molecule has 0 saturated carbocycles. The van der Waals surface area contributed by atoms with Gasteiger partial charge in [-0.2, -0.15) is 0 Å². The van der Waals surface area contributed by atoms with E-state index in [4.69, 9.17) is 11.6 Å². The van der Waals surface area contributed by atoms with Crippen LogP contribution in [0.5, 0.6) is 0 Å². The van der Waals surface area contributed by atoms with Crippen LogP contribution in [0.4, 0.5) is 5.69 Å². The Hall–Kier alpha value is -3.18. The molecule has 2 aromatic carbocycles. The number of hydrogen-bond acceptors (Lipinski definition) is 4. The van der Waals surface area contributed by atoms with E-state index in [1.165, 1.54) is 6.08 Å². The van der Waals surface area contributed by atoms with Gasteiger partial charge >= 0.3 is 5.97 Å². The summed E-state index contributed by atoms with van der Waals surface area (Å²) in [7, 11) is 0. The number of anilines is 1. The summed E-state index contributed by atoms with van der Waals surface area (Å²) in [4.78, 5) is 37.1. The van der Waals surface area contributed by atoms with E-state index < -0.39 is 23.2 Å². The fourth-order valence-corrected chi connectivity index (χ4v) is 3.55. The maximum Gasteiger partial charge on any atom is 0.313 e. The number of aliphatic carboxylic acids is 1. The molecule has 1 aliphatic carbocycles. The van der Waals surface area contributed by atoms with Gasteiger partial charge in [0.2, 0.25) is 0 Å². The van der Waals surface area contributed by atoms with Crippen molar-refractivity contribution in [3.05, 3.63) is 89.0 Å². The summed E-state index contributed by atoms with van der Waals surface area (Å²) in [6.45, 7) is 0. The second-order valence-corrected chi connectivity index (χ2v) is 6.83. The lowest BCUT2D eigenvalue weighted by Crippen LogP contribution is -2.57. The standard InChI is InChI=1S/C22H18ClNO4/c23-17-11-9-15(10-12-17)20(26)22(24-18-6-2-1-3-7-18)16(13-14-25)5-4-8-19(22)21(27)28/h1-12,14,19,24H,13H2,(H,27,28). The third kappa shape index (κ3) is 3.62. The fraction of sp³-hybridized carbons (Fsp3) is 0.136. The Morgan fingerprint density at radius 3 is 2.39 bits per heavy atom. The number of carbonyl (C=O) groups excluding carboxylic acids is 2. The van der Waals surface area contributed by atoms with Crippen LogP contribution < -0.4 is 5.32 Å². The summed E-state index contributed by atoms with van der Waals surface area (Å²) in [6.07, 6.45) is 5.24. The van der Waals surface area contributed by atoms with Gasteiger partial charge < -0.3 is 15.2 Å². The van der Waals surface area contributed by atoms with Crippen LogP contribution in [0.1, 0.15) is 16.8 Å². The van der Waals surface area contributed by atoms with Crippen molar-refractivity contribution in [3.8, 4) is 0 Å². The summed E-state index contributed by atoms with van der Waals surface area (Å²) in [5, 5.41) is 13.5. The zero-order valence-corrected chi connectivity index (χ0v) is 15.6. The molecule has 0 amide bonds. The van der Waals surface area contributed by atoms with E-state index in [1.807, 2.05) is 6.07 Å². The Balaban J connectivity index is 2.21. The monoisotopic (exact) mass is 395 g/mol. The van der Waals surface area contributed by atoms with Crippen LogP contribution in [0.25, 0.3) is 0 Å². The molecular formula is C22H18ClNO4. The molecule has 2 atom stereocenters. The smallest absolute Gasteiger partial charge is 0.313 e. The summed E-state index contributed by atoms with van der Waals surface area (Å²) in [5.74, 6) is -2.81. The van der Waals surface area contributed by atoms with Gasteiger partial charge in [-0.15, -0.1) is 0 Å². The van der Waals surface area contributed by atoms with E-state index in [2.05, 4.69) is 5.32 Å². The molecule has 0 heterocycles. The van der Waals surface area contributed by atoms with Crippen molar-refractivity contribution in [1.29, 1.82) is 0 Å². The highest BCUT2D eigenvalue weighted by Gasteiger charge is 2.52. The molecule has 0 saturated heterocycles. The predicted molar refractivity (Wildman–Crippen MR) is 108 cm³/mol. The molecule has 0 radical (unpaired) electrons. The van der Waals surface area contributed by atoms with Crippen LogP contribution in [0, 0.1) is 5.92 Å². The van der Waals surface area contributed by atoms with Crippen molar-refractivity contribution < 1.29 is 19.5 Å². The maximum atomic E-state index is 13.7. The number of aldehydes is 1. The second kappa shape index (κ2) is 8.23. The number of carbonyl (C=O) groups is 3. The minimum absolute atomic E-state index is 0.0761. The summed E-state index contributed by atoms with van der Waals surface area (Å²) in [6, 6.07) is 15.1. The first-order valence-corrected chi connectivity index (χ1v) is 9.04. The number of carboxylic acid groups (broad SMARTS) is 1. The average molecular weight is 396 g/mol. The minimum Gasteiger partial charge on any atom is -0.481 e. The van der Waals surface area contributed by atoms with E-state index in [9.17, 15) is 19.5 Å². The number of Topliss-reactive ketones (excluding diaryl/α,β-unsaturated/α-hetero) is 1. The lowest BCUT2D eigenvalue weighted by atomic mass is 9.69. The van der Waals surface area contributed by atoms with E-state index in [0.717, 1.165) is 0 Å². The lowest BCUT2D eigenvalue weighted by Gasteiger charge is -2.41. The van der Waals surface area contributed by atoms with E-state index in [1.54, 1.807) is 60.7 Å². The molecule has 0 bridgehead atoms. The highest BCUT2D eigenvalue weighted by Crippen LogP contribution is 2.39. The van der Waals surface area contributed by atoms with Crippen LogP contribution in [0.3, 0.4) is 0 Å². The molecule has 0 fully saturated rings. The van der Waals surface area contributed by atoms with Crippen LogP contribution in [-0.4, -0.2) is 28.7 Å². The third-order valence-corrected chi connectivity index (χ3v) is 4.98. The average Bonchev–Trinajstić information content (AvgIpc) is 2.70. The molecule has 6 heteroatoms. The number of benzene rings is 2. The molecule has 3 rings (SSSR count). The van der Waals surface area contributed by atoms with Crippen LogP contribution in [-0.2, 0) is 9.59 Å². The zero-order chi connectivity index (χ0) is 20.1. The first-order chi connectivity index (χ1) is 13.5. The van der Waals surface area contributed by atoms with E-state index in [0.29, 0.717) is 28.1 Å². The molecule has 1 aliphatic rings. The van der Waals surface area contributed by atoms with Gasteiger partial charge in [-0.25, -0.2) is 0 Å². The van der Waals surface area contributed by atoms with Crippen LogP contribution >= 0.6 is 11.6 Å². The van der Waals surface area contributed by atoms with Gasteiger partial charge in [0.05, 0.1) is 0 Å². The first kappa shape index (κ1) is 19.6. The Bertz CT molecular complexity index is 950. The molecule has 5 nitrogen and oxygen atoms in total. The lowest BCUT2D eigenvalue weighted by molar-refractivity contribution is -0.141. The molecule has 2 N–H and O–H groups in total. The molecule has 0 spiro atoms. The van der Waals surface area contributed by atoms with Gasteiger partial charge in [0.15, 0.2) is 5.78 Å². The van der Waals surface area contributed by atoms with Gasteiger partial charge in [0.1, 0.15) is 17.7 Å². The number of halogens is 1. The van der Waals surface area contributed by atoms with Crippen molar-refractivity contribution in [1.82, 2.24) is 0 Å². The van der Waals surface area contributed by atoms with Gasteiger partial charge in [-0.1, -0.05) is 48.0 Å². The SMILES string of the molecule is O=CCC1=CC=CC(C(=O)O)C1(Nc1ccccc1)C(=O)c1ccc(Cl)cc1. The first-order valence-electron chi connectivity index (χ1n) is 8.67. The second-order valence-electron chi connectivity index (χ2n) is 6.40. The number of ketones is 1. The molecule has 0 aromatic heterocycles. The molecule has 0 aliphatic heterocycles. The Morgan fingerprint density at radius 1 is 1.11 bits per heavy atom. The third-order valence-electron chi connectivity index (χ3n) is 4.72. The summed E-state index contributed by atoms with van der Waals surface area (Å²) >= 11 is 5.93. The molecular weight excluding hydrogens is 378 g/mol. The number of hydrogen-bond donors (Lipinski definition) is 2. The number of para-hydroxylation sites is 1. The maximum absolute atomic E-state index is 13.7. The number of allylic oxidation sites excluding steroid dienone is 2. The molecule has 28 heavy (non-hydrogen) atoms. The zero-order valence-electron chi connectivity index (χ0n) is 14.8.